The van der Waals surface area contributed by atoms with Crippen molar-refractivity contribution in [2.24, 2.45) is 0 Å². The van der Waals surface area contributed by atoms with Gasteiger partial charge in [-0.05, 0) is 34.6 Å². The molecule has 0 amide bonds. The third-order valence-corrected chi connectivity index (χ3v) is 3.50. The number of rotatable bonds is 4. The first-order valence-corrected chi connectivity index (χ1v) is 4.81. The zero-order valence-electron chi connectivity index (χ0n) is 9.94. The van der Waals surface area contributed by atoms with Crippen molar-refractivity contribution in [3.63, 3.8) is 0 Å². The number of aliphatic hydroxyl groups excluding tert-OH is 1. The van der Waals surface area contributed by atoms with Crippen LogP contribution in [0.1, 0.15) is 34.6 Å². The highest BCUT2D eigenvalue weighted by Crippen LogP contribution is 2.39. The summed E-state index contributed by atoms with van der Waals surface area (Å²) in [5.41, 5.74) is -7.59. The van der Waals surface area contributed by atoms with E-state index < -0.39 is 29.0 Å². The van der Waals surface area contributed by atoms with Crippen LogP contribution in [0.3, 0.4) is 0 Å². The third kappa shape index (κ3) is 2.16. The molecule has 0 aromatic heterocycles. The first kappa shape index (κ1) is 14.8. The van der Waals surface area contributed by atoms with E-state index in [9.17, 15) is 20.4 Å². The van der Waals surface area contributed by atoms with Crippen LogP contribution in [-0.4, -0.2) is 54.5 Å². The topological polar surface area (TPSA) is 101 Å². The lowest BCUT2D eigenvalue weighted by molar-refractivity contribution is -0.281. The second kappa shape index (κ2) is 3.68. The van der Waals surface area contributed by atoms with Crippen molar-refractivity contribution >= 4 is 0 Å². The van der Waals surface area contributed by atoms with Gasteiger partial charge in [0.2, 0.25) is 0 Å². The Morgan fingerprint density at radius 3 is 1.27 bits per heavy atom. The van der Waals surface area contributed by atoms with Gasteiger partial charge in [-0.15, -0.1) is 0 Å². The van der Waals surface area contributed by atoms with Crippen molar-refractivity contribution in [1.29, 1.82) is 0 Å². The van der Waals surface area contributed by atoms with Gasteiger partial charge in [0.15, 0.2) is 0 Å². The van der Waals surface area contributed by atoms with E-state index in [1.54, 1.807) is 0 Å². The molecule has 15 heavy (non-hydrogen) atoms. The van der Waals surface area contributed by atoms with Crippen molar-refractivity contribution in [2.75, 3.05) is 6.61 Å². The predicted octanol–water partition coefficient (Wildman–Crippen LogP) is -0.997. The van der Waals surface area contributed by atoms with Gasteiger partial charge in [-0.25, -0.2) is 0 Å². The fourth-order valence-electron chi connectivity index (χ4n) is 1.27. The Labute approximate surface area is 90.0 Å². The van der Waals surface area contributed by atoms with Gasteiger partial charge in [0.25, 0.3) is 0 Å². The van der Waals surface area contributed by atoms with Crippen LogP contribution < -0.4 is 0 Å². The quantitative estimate of drug-likeness (QED) is 0.420. The van der Waals surface area contributed by atoms with Gasteiger partial charge >= 0.3 is 0 Å². The lowest BCUT2D eigenvalue weighted by Crippen LogP contribution is -2.72. The van der Waals surface area contributed by atoms with Gasteiger partial charge in [-0.2, -0.15) is 0 Å². The molecule has 0 radical (unpaired) electrons. The maximum absolute atomic E-state index is 10.1. The normalized spacial score (nSPS) is 25.2. The molecule has 5 N–H and O–H groups in total. The summed E-state index contributed by atoms with van der Waals surface area (Å²) < 4.78 is 0. The summed E-state index contributed by atoms with van der Waals surface area (Å²) in [6.45, 7) is 5.46. The van der Waals surface area contributed by atoms with E-state index in [1.165, 1.54) is 34.6 Å². The molecule has 3 atom stereocenters. The summed E-state index contributed by atoms with van der Waals surface area (Å²) in [7, 11) is 0. The molecule has 0 heterocycles. The van der Waals surface area contributed by atoms with Gasteiger partial charge in [0.05, 0.1) is 12.2 Å². The van der Waals surface area contributed by atoms with E-state index in [4.69, 9.17) is 5.11 Å². The summed E-state index contributed by atoms with van der Waals surface area (Å²) in [4.78, 5) is 0. The number of hydrogen-bond acceptors (Lipinski definition) is 5. The van der Waals surface area contributed by atoms with Crippen LogP contribution in [-0.2, 0) is 0 Å². The number of hydrogen-bond donors (Lipinski definition) is 5. The molecule has 0 fully saturated rings. The molecule has 92 valence electrons. The van der Waals surface area contributed by atoms with Gasteiger partial charge in [-0.1, -0.05) is 0 Å². The predicted molar refractivity (Wildman–Crippen MR) is 55.3 cm³/mol. The first-order chi connectivity index (χ1) is 6.31. The molecule has 0 unspecified atom stereocenters. The average molecular weight is 222 g/mol. The van der Waals surface area contributed by atoms with E-state index in [2.05, 4.69) is 0 Å². The van der Waals surface area contributed by atoms with Crippen LogP contribution in [0, 0.1) is 0 Å². The minimum Gasteiger partial charge on any atom is -0.393 e. The maximum Gasteiger partial charge on any atom is 0.123 e. The summed E-state index contributed by atoms with van der Waals surface area (Å²) in [6, 6.07) is 0. The van der Waals surface area contributed by atoms with Gasteiger partial charge in [-0.3, -0.25) is 0 Å². The Balaban J connectivity index is 5.38. The largest absolute Gasteiger partial charge is 0.393 e. The smallest absolute Gasteiger partial charge is 0.123 e. The lowest BCUT2D eigenvalue weighted by Gasteiger charge is -2.51. The zero-order chi connectivity index (χ0) is 12.7. The maximum atomic E-state index is 10.1. The molecule has 0 spiro atoms. The molecule has 5 nitrogen and oxygen atoms in total. The average Bonchev–Trinajstić information content (AvgIpc) is 2.01. The third-order valence-electron chi connectivity index (χ3n) is 3.50. The van der Waals surface area contributed by atoms with Gasteiger partial charge < -0.3 is 25.5 Å². The molecular weight excluding hydrogens is 200 g/mol. The van der Waals surface area contributed by atoms with E-state index in [-0.39, 0.29) is 0 Å². The highest BCUT2D eigenvalue weighted by atomic mass is 16.4. The molecule has 0 bridgehead atoms. The molecule has 0 saturated heterocycles. The SMILES string of the molecule is CC(C)(O)[C@](C)(O)[C@@](C)(O)[C@](C)(O)CO. The standard InChI is InChI=1S/C10H22O5/c1-7(2,12)9(4,14)10(5,15)8(3,13)6-11/h11-15H,6H2,1-5H3/t8-,9+,10+/m1/s1. The molecule has 0 aliphatic rings. The Hall–Kier alpha value is -0.200. The molecule has 5 heteroatoms. The fraction of sp³-hybridized carbons (Fsp3) is 1.00. The van der Waals surface area contributed by atoms with Crippen molar-refractivity contribution in [3.8, 4) is 0 Å². The molecule has 0 aromatic carbocycles. The minimum atomic E-state index is -2.06. The van der Waals surface area contributed by atoms with E-state index >= 15 is 0 Å². The first-order valence-electron chi connectivity index (χ1n) is 4.81. The lowest BCUT2D eigenvalue weighted by atomic mass is 9.67. The highest BCUT2D eigenvalue weighted by molar-refractivity contribution is 5.11. The summed E-state index contributed by atoms with van der Waals surface area (Å²) in [6.07, 6.45) is 0. The summed E-state index contributed by atoms with van der Waals surface area (Å²) in [5, 5.41) is 48.6. The highest BCUT2D eigenvalue weighted by Gasteiger charge is 2.59. The Morgan fingerprint density at radius 2 is 1.07 bits per heavy atom. The molecule has 0 aromatic rings. The Bertz CT molecular complexity index is 224. The van der Waals surface area contributed by atoms with Crippen LogP contribution in [0.2, 0.25) is 0 Å². The van der Waals surface area contributed by atoms with Gasteiger partial charge in [0, 0.05) is 0 Å². The van der Waals surface area contributed by atoms with Crippen molar-refractivity contribution < 1.29 is 25.5 Å². The van der Waals surface area contributed by atoms with Crippen LogP contribution in [0.25, 0.3) is 0 Å². The molecule has 0 saturated carbocycles. The van der Waals surface area contributed by atoms with Crippen LogP contribution in [0.4, 0.5) is 0 Å². The fourth-order valence-corrected chi connectivity index (χ4v) is 1.27. The van der Waals surface area contributed by atoms with Crippen molar-refractivity contribution in [2.45, 2.75) is 57.0 Å². The summed E-state index contributed by atoms with van der Waals surface area (Å²) in [5.74, 6) is 0. The molecular formula is C10H22O5. The molecule has 0 aliphatic carbocycles. The van der Waals surface area contributed by atoms with E-state index in [0.717, 1.165) is 0 Å². The van der Waals surface area contributed by atoms with E-state index in [0.29, 0.717) is 0 Å². The van der Waals surface area contributed by atoms with Crippen LogP contribution in [0.5, 0.6) is 0 Å². The Morgan fingerprint density at radius 1 is 0.733 bits per heavy atom. The van der Waals surface area contributed by atoms with Crippen LogP contribution >= 0.6 is 0 Å². The van der Waals surface area contributed by atoms with Crippen LogP contribution in [0.15, 0.2) is 0 Å². The van der Waals surface area contributed by atoms with Crippen molar-refractivity contribution in [3.05, 3.63) is 0 Å². The minimum absolute atomic E-state index is 0.730. The second-order valence-corrected chi connectivity index (χ2v) is 5.14. The van der Waals surface area contributed by atoms with E-state index in [1.807, 2.05) is 0 Å². The second-order valence-electron chi connectivity index (χ2n) is 5.14. The monoisotopic (exact) mass is 222 g/mol. The molecule has 0 aliphatic heterocycles. The zero-order valence-corrected chi connectivity index (χ0v) is 9.94. The molecule has 0 rings (SSSR count). The van der Waals surface area contributed by atoms with Crippen molar-refractivity contribution in [1.82, 2.24) is 0 Å². The number of aliphatic hydroxyl groups is 5. The van der Waals surface area contributed by atoms with Gasteiger partial charge in [0.1, 0.15) is 16.8 Å². The summed E-state index contributed by atoms with van der Waals surface area (Å²) >= 11 is 0. The Kier molecular flexibility index (Phi) is 3.63.